The second-order valence-electron chi connectivity index (χ2n) is 4.37. The molecule has 1 atom stereocenters. The molecule has 0 saturated heterocycles. The molecule has 1 heterocycles. The molecule has 0 radical (unpaired) electrons. The molecule has 1 aliphatic rings. The van der Waals surface area contributed by atoms with Gasteiger partial charge in [-0.1, -0.05) is 0 Å². The number of rotatable bonds is 2. The van der Waals surface area contributed by atoms with Gasteiger partial charge < -0.3 is 0 Å². The fourth-order valence-electron chi connectivity index (χ4n) is 0.959. The Morgan fingerprint density at radius 1 is 0.824 bits per heavy atom. The fourth-order valence-corrected chi connectivity index (χ4v) is 15.9. The molecule has 0 aromatic carbocycles. The van der Waals surface area contributed by atoms with Gasteiger partial charge in [0.05, 0.1) is 0 Å². The van der Waals surface area contributed by atoms with Crippen LogP contribution in [0.1, 0.15) is 0 Å². The van der Waals surface area contributed by atoms with Crippen molar-refractivity contribution in [2.45, 2.75) is 14.8 Å². The zero-order valence-electron chi connectivity index (χ0n) is 9.52. The van der Waals surface area contributed by atoms with Gasteiger partial charge in [0.2, 0.25) is 0 Å². The first-order chi connectivity index (χ1) is 7.28. The van der Waals surface area contributed by atoms with Crippen molar-refractivity contribution in [2.24, 2.45) is 13.5 Å². The second kappa shape index (κ2) is 4.58. The minimum absolute atomic E-state index is 0.957. The zero-order valence-corrected chi connectivity index (χ0v) is 15.1. The van der Waals surface area contributed by atoms with Gasteiger partial charge in [-0.25, -0.2) is 0 Å². The van der Waals surface area contributed by atoms with E-state index in [9.17, 15) is 21.0 Å². The SMILES string of the molecule is C[N](P1(F)=NP(F)(F)=NP(F)(F)=N1)[Sn]([CH3])([CH3])[CH3]. The van der Waals surface area contributed by atoms with Crippen LogP contribution in [-0.2, 0) is 0 Å². The average molecular weight is 423 g/mol. The van der Waals surface area contributed by atoms with Crippen LogP contribution >= 0.6 is 23.3 Å². The average Bonchev–Trinajstić information content (AvgIpc) is 1.93. The van der Waals surface area contributed by atoms with Crippen molar-refractivity contribution < 1.29 is 21.0 Å². The zero-order chi connectivity index (χ0) is 13.7. The van der Waals surface area contributed by atoms with Gasteiger partial charge in [-0.3, -0.25) is 0 Å². The summed E-state index contributed by atoms with van der Waals surface area (Å²) in [5, 5.41) is 0. The van der Waals surface area contributed by atoms with E-state index in [1.54, 1.807) is 14.8 Å². The van der Waals surface area contributed by atoms with Crippen LogP contribution in [0.3, 0.4) is 0 Å². The van der Waals surface area contributed by atoms with E-state index in [4.69, 9.17) is 0 Å². The van der Waals surface area contributed by atoms with E-state index in [1.165, 1.54) is 7.05 Å². The molecule has 0 N–H and O–H groups in total. The summed E-state index contributed by atoms with van der Waals surface area (Å²) in [5.74, 6) is 0. The molecule has 1 rings (SSSR count). The Morgan fingerprint density at radius 3 is 1.59 bits per heavy atom. The van der Waals surface area contributed by atoms with Crippen LogP contribution in [0.15, 0.2) is 13.5 Å². The minimum atomic E-state index is -5.58. The molecule has 0 aromatic rings. The van der Waals surface area contributed by atoms with Crippen molar-refractivity contribution in [3.05, 3.63) is 0 Å². The van der Waals surface area contributed by atoms with E-state index in [2.05, 4.69) is 9.03 Å². The molecule has 17 heavy (non-hydrogen) atoms. The quantitative estimate of drug-likeness (QED) is 0.286. The van der Waals surface area contributed by atoms with Crippen LogP contribution in [0.2, 0.25) is 14.8 Å². The van der Waals surface area contributed by atoms with Crippen LogP contribution in [-0.4, -0.2) is 28.6 Å². The standard InChI is InChI=1S/CH3F5N4P3.3CH3.Sn/c1-7-13(6)9-11(2,3)8-12(4,5)10-13;;;;/h1H3;3*1H3;/q-1;;;;+1. The van der Waals surface area contributed by atoms with Gasteiger partial charge >= 0.3 is 101 Å². The Kier molecular flexibility index (Phi) is 4.35. The third-order valence-electron chi connectivity index (χ3n) is 2.01. The fraction of sp³-hybridized carbons (Fsp3) is 1.00. The number of hydrogen-bond donors (Lipinski definition) is 0. The first-order valence-corrected chi connectivity index (χ1v) is 18.7. The molecule has 1 aliphatic heterocycles. The van der Waals surface area contributed by atoms with Gasteiger partial charge in [-0.2, -0.15) is 0 Å². The predicted molar refractivity (Wildman–Crippen MR) is 64.7 cm³/mol. The monoisotopic (exact) mass is 424 g/mol. The van der Waals surface area contributed by atoms with E-state index >= 15 is 0 Å². The molecule has 1 unspecified atom stereocenters. The van der Waals surface area contributed by atoms with Crippen LogP contribution in [0.5, 0.6) is 0 Å². The van der Waals surface area contributed by atoms with Crippen molar-refractivity contribution in [2.75, 3.05) is 7.05 Å². The van der Waals surface area contributed by atoms with E-state index in [1.807, 2.05) is 4.52 Å². The van der Waals surface area contributed by atoms with E-state index in [0.29, 0.717) is 0 Å². The number of halogens is 5. The number of nitrogens with zero attached hydrogens (tertiary/aromatic N) is 4. The summed E-state index contributed by atoms with van der Waals surface area (Å²) in [4.78, 5) is 5.12. The van der Waals surface area contributed by atoms with Crippen molar-refractivity contribution in [3.8, 4) is 0 Å². The molecule has 0 fully saturated rings. The molecule has 4 nitrogen and oxygen atoms in total. The van der Waals surface area contributed by atoms with Crippen molar-refractivity contribution in [1.82, 2.24) is 2.89 Å². The van der Waals surface area contributed by atoms with Crippen LogP contribution in [0, 0.1) is 0 Å². The van der Waals surface area contributed by atoms with Gasteiger partial charge in [-0.05, 0) is 0 Å². The summed E-state index contributed by atoms with van der Waals surface area (Å²) in [6, 6.07) is 0. The van der Waals surface area contributed by atoms with Gasteiger partial charge in [0, 0.05) is 0 Å². The van der Waals surface area contributed by atoms with Crippen molar-refractivity contribution in [3.63, 3.8) is 0 Å². The summed E-state index contributed by atoms with van der Waals surface area (Å²) >= 11 is -3.15. The summed E-state index contributed by atoms with van der Waals surface area (Å²) in [7, 11) is -14.6. The Morgan fingerprint density at radius 2 is 1.24 bits per heavy atom. The summed E-state index contributed by atoms with van der Waals surface area (Å²) in [5.41, 5.74) is 0. The Hall–Kier alpha value is 1.10. The topological polar surface area (TPSA) is 40.3 Å². The third-order valence-corrected chi connectivity index (χ3v) is 19.8. The summed E-state index contributed by atoms with van der Waals surface area (Å²) in [6.07, 6.45) is 0. The molecule has 13 heteroatoms. The van der Waals surface area contributed by atoms with E-state index < -0.39 is 42.0 Å². The van der Waals surface area contributed by atoms with Crippen molar-refractivity contribution >= 4 is 42.0 Å². The maximum absolute atomic E-state index is 14.2. The van der Waals surface area contributed by atoms with Gasteiger partial charge in [0.1, 0.15) is 0 Å². The van der Waals surface area contributed by atoms with Crippen LogP contribution in [0.4, 0.5) is 21.0 Å². The van der Waals surface area contributed by atoms with Gasteiger partial charge in [0.25, 0.3) is 0 Å². The predicted octanol–water partition coefficient (Wildman–Crippen LogP) is 6.45. The maximum atomic E-state index is 14.2. The summed E-state index contributed by atoms with van der Waals surface area (Å²) in [6.45, 7) is 0. The first-order valence-electron chi connectivity index (χ1n) is 4.42. The molecule has 0 aliphatic carbocycles. The summed E-state index contributed by atoms with van der Waals surface area (Å²) < 4.78 is 74.4. The molecule has 0 bridgehead atoms. The molecule has 0 amide bonds. The Bertz CT molecular complexity index is 478. The third kappa shape index (κ3) is 4.03. The molecule has 0 spiro atoms. The van der Waals surface area contributed by atoms with E-state index in [0.717, 1.165) is 2.89 Å². The first kappa shape index (κ1) is 16.2. The second-order valence-corrected chi connectivity index (χ2v) is 25.3. The van der Waals surface area contributed by atoms with E-state index in [-0.39, 0.29) is 0 Å². The van der Waals surface area contributed by atoms with Crippen LogP contribution in [0.25, 0.3) is 0 Å². The molecular formula is C4H12F5N4P3Sn. The molecular weight excluding hydrogens is 411 g/mol. The number of hydrogen-bond acceptors (Lipinski definition) is 4. The Balaban J connectivity index is 3.48. The van der Waals surface area contributed by atoms with Crippen molar-refractivity contribution in [1.29, 1.82) is 0 Å². The van der Waals surface area contributed by atoms with Gasteiger partial charge in [0.15, 0.2) is 0 Å². The molecule has 102 valence electrons. The normalized spacial score (nSPS) is 31.4. The molecule has 0 saturated carbocycles. The molecule has 0 aromatic heterocycles. The van der Waals surface area contributed by atoms with Crippen LogP contribution < -0.4 is 0 Å². The Labute approximate surface area is 101 Å². The van der Waals surface area contributed by atoms with Gasteiger partial charge in [-0.15, -0.1) is 0 Å².